The predicted octanol–water partition coefficient (Wildman–Crippen LogP) is 3.71. The quantitative estimate of drug-likeness (QED) is 0.844. The molecule has 0 aromatic carbocycles. The molecule has 5 heteroatoms. The number of anilines is 1. The number of carbonyl (C=O) groups excluding carboxylic acids is 1. The molecule has 21 heavy (non-hydrogen) atoms. The molecule has 0 radical (unpaired) electrons. The Bertz CT molecular complexity index is 742. The van der Waals surface area contributed by atoms with Crippen LogP contribution in [0.15, 0.2) is 28.8 Å². The molecule has 0 bridgehead atoms. The van der Waals surface area contributed by atoms with Crippen LogP contribution in [0.1, 0.15) is 47.7 Å². The summed E-state index contributed by atoms with van der Waals surface area (Å²) in [6, 6.07) is 4.19. The zero-order valence-corrected chi connectivity index (χ0v) is 12.9. The molecule has 0 unspecified atom stereocenters. The van der Waals surface area contributed by atoms with Crippen molar-refractivity contribution in [2.45, 2.75) is 38.5 Å². The number of aromatic nitrogens is 2. The fourth-order valence-corrected chi connectivity index (χ4v) is 4.46. The van der Waals surface area contributed by atoms with Crippen molar-refractivity contribution in [3.63, 3.8) is 0 Å². The third-order valence-corrected chi connectivity index (χ3v) is 5.62. The topological polar surface area (TPSA) is 57.8 Å². The van der Waals surface area contributed by atoms with Gasteiger partial charge in [-0.3, -0.25) is 9.89 Å². The fourth-order valence-electron chi connectivity index (χ4n) is 3.63. The summed E-state index contributed by atoms with van der Waals surface area (Å²) in [7, 11) is 0. The first kappa shape index (κ1) is 12.8. The number of nitrogens with one attached hydrogen (secondary N) is 2. The number of allylic oxidation sites excluding steroid dienone is 2. The van der Waals surface area contributed by atoms with Gasteiger partial charge in [0.05, 0.1) is 0 Å². The van der Waals surface area contributed by atoms with Crippen molar-refractivity contribution in [1.29, 1.82) is 0 Å². The Morgan fingerprint density at radius 1 is 1.38 bits per heavy atom. The number of carbonyl (C=O) groups is 1. The molecule has 0 saturated heterocycles. The number of rotatable bonds is 1. The van der Waals surface area contributed by atoms with Gasteiger partial charge in [0.2, 0.25) is 0 Å². The van der Waals surface area contributed by atoms with Crippen molar-refractivity contribution in [3.8, 4) is 0 Å². The minimum atomic E-state index is 0.131. The van der Waals surface area contributed by atoms with Crippen molar-refractivity contribution in [2.75, 3.05) is 5.32 Å². The molecule has 0 amide bonds. The number of aromatic amines is 1. The van der Waals surface area contributed by atoms with E-state index in [4.69, 9.17) is 0 Å². The number of thiophene rings is 1. The van der Waals surface area contributed by atoms with Gasteiger partial charge in [-0.15, -0.1) is 11.3 Å². The molecule has 4 nitrogen and oxygen atoms in total. The first-order valence-corrected chi connectivity index (χ1v) is 8.14. The van der Waals surface area contributed by atoms with E-state index in [1.54, 1.807) is 11.3 Å². The molecule has 2 N–H and O–H groups in total. The van der Waals surface area contributed by atoms with Crippen LogP contribution >= 0.6 is 11.3 Å². The van der Waals surface area contributed by atoms with Gasteiger partial charge in [-0.1, -0.05) is 13.0 Å². The number of fused-ring (bicyclic) bond motifs is 1. The van der Waals surface area contributed by atoms with Crippen LogP contribution in [0.4, 0.5) is 5.82 Å². The third-order valence-electron chi connectivity index (χ3n) is 4.58. The minimum Gasteiger partial charge on any atom is -0.342 e. The largest absolute Gasteiger partial charge is 0.342 e. The maximum absolute atomic E-state index is 12.7. The summed E-state index contributed by atoms with van der Waals surface area (Å²) >= 11 is 1.74. The van der Waals surface area contributed by atoms with Crippen LogP contribution in [0.2, 0.25) is 0 Å². The normalized spacial score (nSPS) is 24.6. The number of H-pyrrole nitrogens is 1. The lowest BCUT2D eigenvalue weighted by atomic mass is 9.76. The van der Waals surface area contributed by atoms with Gasteiger partial charge < -0.3 is 5.32 Å². The van der Waals surface area contributed by atoms with E-state index in [-0.39, 0.29) is 11.7 Å². The van der Waals surface area contributed by atoms with E-state index in [9.17, 15) is 4.79 Å². The molecule has 2 aromatic heterocycles. The maximum atomic E-state index is 12.7. The molecular weight excluding hydrogens is 282 g/mol. The van der Waals surface area contributed by atoms with E-state index < -0.39 is 0 Å². The number of nitrogens with zero attached hydrogens (tertiary/aromatic N) is 1. The predicted molar refractivity (Wildman–Crippen MR) is 83.7 cm³/mol. The Morgan fingerprint density at radius 2 is 2.24 bits per heavy atom. The smallest absolute Gasteiger partial charge is 0.161 e. The lowest BCUT2D eigenvalue weighted by Crippen LogP contribution is -2.28. The van der Waals surface area contributed by atoms with Gasteiger partial charge in [0, 0.05) is 45.7 Å². The van der Waals surface area contributed by atoms with Crippen LogP contribution in [0.25, 0.3) is 0 Å². The summed E-state index contributed by atoms with van der Waals surface area (Å²) in [6.07, 6.45) is 1.52. The lowest BCUT2D eigenvalue weighted by molar-refractivity contribution is -0.116. The van der Waals surface area contributed by atoms with Crippen LogP contribution < -0.4 is 5.32 Å². The van der Waals surface area contributed by atoms with Crippen LogP contribution in [0.5, 0.6) is 0 Å². The Hall–Kier alpha value is -1.88. The number of hydrogen-bond donors (Lipinski definition) is 2. The monoisotopic (exact) mass is 299 g/mol. The molecular formula is C16H17N3OS. The summed E-state index contributed by atoms with van der Waals surface area (Å²) in [5.74, 6) is 1.60. The molecule has 1 aliphatic heterocycles. The van der Waals surface area contributed by atoms with E-state index in [0.29, 0.717) is 12.3 Å². The SMILES string of the molecule is Cc1[nH]nc2c1[C@@H](C)C1=C(C[C@H](c3cccs3)CC1=O)N2. The third kappa shape index (κ3) is 1.87. The van der Waals surface area contributed by atoms with Gasteiger partial charge in [-0.25, -0.2) is 0 Å². The first-order chi connectivity index (χ1) is 10.1. The molecule has 108 valence electrons. The van der Waals surface area contributed by atoms with Crippen LogP contribution in [-0.4, -0.2) is 16.0 Å². The van der Waals surface area contributed by atoms with Crippen molar-refractivity contribution < 1.29 is 4.79 Å². The van der Waals surface area contributed by atoms with Gasteiger partial charge in [0.25, 0.3) is 0 Å². The van der Waals surface area contributed by atoms with Crippen molar-refractivity contribution in [3.05, 3.63) is 44.9 Å². The fraction of sp³-hybridized carbons (Fsp3) is 0.375. The molecule has 2 aromatic rings. The lowest BCUT2D eigenvalue weighted by Gasteiger charge is -2.32. The second kappa shape index (κ2) is 4.56. The van der Waals surface area contributed by atoms with Crippen molar-refractivity contribution in [2.24, 2.45) is 0 Å². The zero-order valence-electron chi connectivity index (χ0n) is 12.1. The summed E-state index contributed by atoms with van der Waals surface area (Å²) in [5, 5.41) is 12.8. The summed E-state index contributed by atoms with van der Waals surface area (Å²) in [5.41, 5.74) is 4.21. The van der Waals surface area contributed by atoms with E-state index >= 15 is 0 Å². The number of aryl methyl sites for hydroxylation is 1. The summed E-state index contributed by atoms with van der Waals surface area (Å²) in [6.45, 7) is 4.12. The highest BCUT2D eigenvalue weighted by Gasteiger charge is 2.37. The van der Waals surface area contributed by atoms with Crippen LogP contribution in [0, 0.1) is 6.92 Å². The molecule has 0 spiro atoms. The molecule has 1 aliphatic carbocycles. The number of hydrogen-bond acceptors (Lipinski definition) is 4. The Morgan fingerprint density at radius 3 is 3.00 bits per heavy atom. The highest BCUT2D eigenvalue weighted by atomic mass is 32.1. The highest BCUT2D eigenvalue weighted by Crippen LogP contribution is 2.45. The second-order valence-corrected chi connectivity index (χ2v) is 6.87. The Balaban J connectivity index is 1.74. The highest BCUT2D eigenvalue weighted by molar-refractivity contribution is 7.10. The van der Waals surface area contributed by atoms with Gasteiger partial charge in [0.15, 0.2) is 11.6 Å². The Kier molecular flexibility index (Phi) is 2.79. The summed E-state index contributed by atoms with van der Waals surface area (Å²) < 4.78 is 0. The van der Waals surface area contributed by atoms with Crippen molar-refractivity contribution >= 4 is 22.9 Å². The molecule has 0 fully saturated rings. The van der Waals surface area contributed by atoms with Crippen LogP contribution in [-0.2, 0) is 4.79 Å². The zero-order chi connectivity index (χ0) is 14.6. The summed E-state index contributed by atoms with van der Waals surface area (Å²) in [4.78, 5) is 14.0. The molecule has 3 heterocycles. The molecule has 2 aliphatic rings. The molecule has 4 rings (SSSR count). The van der Waals surface area contributed by atoms with Gasteiger partial charge in [0.1, 0.15) is 0 Å². The number of ketones is 1. The number of Topliss-reactive ketones (excluding diaryl/α,β-unsaturated/α-hetero) is 1. The Labute approximate surface area is 127 Å². The van der Waals surface area contributed by atoms with E-state index in [1.807, 2.05) is 6.92 Å². The maximum Gasteiger partial charge on any atom is 0.161 e. The van der Waals surface area contributed by atoms with Crippen molar-refractivity contribution in [1.82, 2.24) is 10.2 Å². The first-order valence-electron chi connectivity index (χ1n) is 7.26. The molecule has 2 atom stereocenters. The van der Waals surface area contributed by atoms with Gasteiger partial charge in [-0.05, 0) is 24.8 Å². The average Bonchev–Trinajstić information content (AvgIpc) is 3.08. The minimum absolute atomic E-state index is 0.131. The standard InChI is InChI=1S/C16H17N3OS/c1-8-14-9(2)18-19-16(14)17-11-6-10(7-12(20)15(8)11)13-4-3-5-21-13/h3-5,8,10H,6-7H2,1-2H3,(H2,17,18,19)/t8-,10+/m1/s1. The van der Waals surface area contributed by atoms with Gasteiger partial charge >= 0.3 is 0 Å². The average molecular weight is 299 g/mol. The van der Waals surface area contributed by atoms with Crippen LogP contribution in [0.3, 0.4) is 0 Å². The molecule has 0 saturated carbocycles. The van der Waals surface area contributed by atoms with E-state index in [2.05, 4.69) is 40.0 Å². The van der Waals surface area contributed by atoms with E-state index in [1.165, 1.54) is 4.88 Å². The van der Waals surface area contributed by atoms with Gasteiger partial charge in [-0.2, -0.15) is 5.10 Å². The second-order valence-electron chi connectivity index (χ2n) is 5.89. The van der Waals surface area contributed by atoms with E-state index in [0.717, 1.165) is 34.8 Å².